The van der Waals surface area contributed by atoms with Crippen LogP contribution in [0, 0.1) is 0 Å². The topological polar surface area (TPSA) is 35.6 Å². The Bertz CT molecular complexity index is 4610. The summed E-state index contributed by atoms with van der Waals surface area (Å²) in [5.41, 5.74) is 14.4. The van der Waals surface area contributed by atoms with Gasteiger partial charge in [-0.05, 0) is 109 Å². The first-order valence-corrected chi connectivity index (χ1v) is 25.0. The molecule has 11 aromatic carbocycles. The lowest BCUT2D eigenvalue weighted by atomic mass is 9.97. The zero-order valence-corrected chi connectivity index (χ0v) is 39.1. The van der Waals surface area contributed by atoms with Gasteiger partial charge >= 0.3 is 0 Å². The quantitative estimate of drug-likeness (QED) is 0.167. The SMILES string of the molecule is c1ccc(-c2cc3nc(-n4c5ccc(-c6ccc7c8c9ccccc9ccc8n(-c8ccccc8)c7c6)cc5c5c6ccccc6ccc54)nc(-c4ccc(-c5cccc6ccccc56)cc4)c3s2)cc1. The van der Waals surface area contributed by atoms with Crippen molar-refractivity contribution in [3.8, 4) is 55.6 Å². The molecule has 0 spiro atoms. The standard InChI is InChI=1S/C66H40N4S/c1-3-17-45(18-4-1)61-40-56-65(71-61)64(46-28-26-44(27-29-46)51-25-13-19-41-14-7-10-22-50(41)51)68-66(67-56)70-57-35-33-47(38-55(57)63-53-24-12-9-16-43(53)32-37-59(63)70)48-30-34-54-60(39-48)69(49-20-5-2-6-21-49)58-36-31-42-15-8-11-23-52(42)62(54)58/h1-40H. The summed E-state index contributed by atoms with van der Waals surface area (Å²) in [4.78, 5) is 12.3. The van der Waals surface area contributed by atoms with E-state index in [2.05, 4.69) is 252 Å². The molecule has 0 bridgehead atoms. The number of para-hydroxylation sites is 1. The van der Waals surface area contributed by atoms with E-state index in [0.29, 0.717) is 5.95 Å². The second-order valence-electron chi connectivity index (χ2n) is 18.5. The molecule has 0 aliphatic heterocycles. The van der Waals surface area contributed by atoms with Crippen LogP contribution in [-0.2, 0) is 0 Å². The van der Waals surface area contributed by atoms with Gasteiger partial charge in [-0.1, -0.05) is 194 Å². The molecule has 0 aliphatic rings. The number of nitrogens with zero attached hydrogens (tertiary/aromatic N) is 4. The molecule has 5 heteroatoms. The summed E-state index contributed by atoms with van der Waals surface area (Å²) in [7, 11) is 0. The van der Waals surface area contributed by atoms with Gasteiger partial charge in [0.05, 0.1) is 38.0 Å². The van der Waals surface area contributed by atoms with Gasteiger partial charge in [-0.3, -0.25) is 4.57 Å². The van der Waals surface area contributed by atoms with Crippen LogP contribution < -0.4 is 0 Å². The maximum Gasteiger partial charge on any atom is 0.235 e. The third-order valence-electron chi connectivity index (χ3n) is 14.5. The molecule has 0 amide bonds. The average Bonchev–Trinajstić information content (AvgIpc) is 4.13. The highest BCUT2D eigenvalue weighted by atomic mass is 32.1. The van der Waals surface area contributed by atoms with Gasteiger partial charge < -0.3 is 4.57 Å². The predicted octanol–water partition coefficient (Wildman–Crippen LogP) is 18.0. The Morgan fingerprint density at radius 3 is 1.63 bits per heavy atom. The van der Waals surface area contributed by atoms with E-state index in [4.69, 9.17) is 9.97 Å². The molecule has 0 unspecified atom stereocenters. The third kappa shape index (κ3) is 6.23. The Morgan fingerprint density at radius 1 is 0.324 bits per heavy atom. The molecular formula is C66H40N4S. The highest BCUT2D eigenvalue weighted by molar-refractivity contribution is 7.22. The second-order valence-corrected chi connectivity index (χ2v) is 19.6. The van der Waals surface area contributed by atoms with Crippen molar-refractivity contribution in [3.05, 3.63) is 243 Å². The number of hydrogen-bond donors (Lipinski definition) is 0. The molecule has 0 atom stereocenters. The van der Waals surface area contributed by atoms with Gasteiger partial charge in [0, 0.05) is 37.7 Å². The number of fused-ring (bicyclic) bond motifs is 12. The summed E-state index contributed by atoms with van der Waals surface area (Å²) >= 11 is 1.75. The van der Waals surface area contributed by atoms with E-state index in [-0.39, 0.29) is 0 Å². The Hall–Kier alpha value is -9.16. The van der Waals surface area contributed by atoms with E-state index in [1.165, 1.54) is 76.2 Å². The minimum atomic E-state index is 0.645. The van der Waals surface area contributed by atoms with E-state index in [9.17, 15) is 0 Å². The first kappa shape index (κ1) is 39.8. The normalized spacial score (nSPS) is 11.9. The lowest BCUT2D eigenvalue weighted by Crippen LogP contribution is -2.02. The second kappa shape index (κ2) is 15.7. The molecule has 0 aliphatic carbocycles. The molecule has 15 rings (SSSR count). The molecule has 0 saturated carbocycles. The van der Waals surface area contributed by atoms with Gasteiger partial charge in [0.25, 0.3) is 0 Å². The Balaban J connectivity index is 0.948. The van der Waals surface area contributed by atoms with E-state index in [0.717, 1.165) is 59.6 Å². The lowest BCUT2D eigenvalue weighted by Gasteiger charge is -2.11. The van der Waals surface area contributed by atoms with Crippen LogP contribution >= 0.6 is 11.3 Å². The fourth-order valence-corrected chi connectivity index (χ4v) is 12.4. The van der Waals surface area contributed by atoms with Gasteiger partial charge in [-0.2, -0.15) is 0 Å². The molecule has 0 radical (unpaired) electrons. The highest BCUT2D eigenvalue weighted by Crippen LogP contribution is 2.44. The molecule has 15 aromatic rings. The summed E-state index contributed by atoms with van der Waals surface area (Å²) in [6.07, 6.45) is 0. The van der Waals surface area contributed by atoms with Gasteiger partial charge in [-0.15, -0.1) is 11.3 Å². The summed E-state index contributed by atoms with van der Waals surface area (Å²) in [6, 6.07) is 88.1. The Morgan fingerprint density at radius 2 is 0.887 bits per heavy atom. The third-order valence-corrected chi connectivity index (χ3v) is 15.7. The molecule has 0 fully saturated rings. The van der Waals surface area contributed by atoms with E-state index >= 15 is 0 Å². The van der Waals surface area contributed by atoms with Gasteiger partial charge in [-0.25, -0.2) is 9.97 Å². The zero-order chi connectivity index (χ0) is 46.6. The van der Waals surface area contributed by atoms with Crippen LogP contribution in [0.2, 0.25) is 0 Å². The Kier molecular flexibility index (Phi) is 8.79. The highest BCUT2D eigenvalue weighted by Gasteiger charge is 2.22. The summed E-state index contributed by atoms with van der Waals surface area (Å²) in [5, 5.41) is 12.2. The molecule has 0 saturated heterocycles. The predicted molar refractivity (Wildman–Crippen MR) is 300 cm³/mol. The number of thiophene rings is 1. The van der Waals surface area contributed by atoms with Gasteiger partial charge in [0.1, 0.15) is 0 Å². The first-order valence-electron chi connectivity index (χ1n) is 24.1. The number of benzene rings is 11. The molecule has 4 nitrogen and oxygen atoms in total. The van der Waals surface area contributed by atoms with Crippen molar-refractivity contribution in [3.63, 3.8) is 0 Å². The van der Waals surface area contributed by atoms with Crippen LogP contribution in [0.15, 0.2) is 243 Å². The smallest absolute Gasteiger partial charge is 0.235 e. The lowest BCUT2D eigenvalue weighted by molar-refractivity contribution is 1.02. The molecule has 330 valence electrons. The fourth-order valence-electron chi connectivity index (χ4n) is 11.3. The van der Waals surface area contributed by atoms with E-state index in [1.807, 2.05) is 0 Å². The first-order chi connectivity index (χ1) is 35.2. The van der Waals surface area contributed by atoms with Crippen molar-refractivity contribution in [2.75, 3.05) is 0 Å². The largest absolute Gasteiger partial charge is 0.309 e. The van der Waals surface area contributed by atoms with Crippen molar-refractivity contribution >= 4 is 97.5 Å². The average molecular weight is 921 g/mol. The molecule has 0 N–H and O–H groups in total. The summed E-state index contributed by atoms with van der Waals surface area (Å²) in [5.74, 6) is 0.645. The van der Waals surface area contributed by atoms with Crippen molar-refractivity contribution < 1.29 is 0 Å². The van der Waals surface area contributed by atoms with Crippen LogP contribution in [0.25, 0.3) is 142 Å². The maximum atomic E-state index is 5.61. The fraction of sp³-hybridized carbons (Fsp3) is 0. The molecule has 4 aromatic heterocycles. The summed E-state index contributed by atoms with van der Waals surface area (Å²) < 4.78 is 5.78. The monoisotopic (exact) mass is 920 g/mol. The minimum Gasteiger partial charge on any atom is -0.309 e. The minimum absolute atomic E-state index is 0.645. The van der Waals surface area contributed by atoms with E-state index in [1.54, 1.807) is 11.3 Å². The van der Waals surface area contributed by atoms with Crippen molar-refractivity contribution in [2.24, 2.45) is 0 Å². The van der Waals surface area contributed by atoms with Crippen LogP contribution in [-0.4, -0.2) is 19.1 Å². The molecule has 4 heterocycles. The van der Waals surface area contributed by atoms with Crippen LogP contribution in [0.5, 0.6) is 0 Å². The van der Waals surface area contributed by atoms with Gasteiger partial charge in [0.2, 0.25) is 5.95 Å². The molecule has 71 heavy (non-hydrogen) atoms. The summed E-state index contributed by atoms with van der Waals surface area (Å²) in [6.45, 7) is 0. The van der Waals surface area contributed by atoms with Crippen molar-refractivity contribution in [1.29, 1.82) is 0 Å². The van der Waals surface area contributed by atoms with Crippen LogP contribution in [0.3, 0.4) is 0 Å². The number of aromatic nitrogens is 4. The Labute approximate surface area is 412 Å². The molecular weight excluding hydrogens is 881 g/mol. The van der Waals surface area contributed by atoms with Gasteiger partial charge in [0.15, 0.2) is 0 Å². The van der Waals surface area contributed by atoms with E-state index < -0.39 is 0 Å². The van der Waals surface area contributed by atoms with Crippen molar-refractivity contribution in [1.82, 2.24) is 19.1 Å². The van der Waals surface area contributed by atoms with Crippen LogP contribution in [0.1, 0.15) is 0 Å². The zero-order valence-electron chi connectivity index (χ0n) is 38.3. The van der Waals surface area contributed by atoms with Crippen molar-refractivity contribution in [2.45, 2.75) is 0 Å². The number of rotatable bonds is 6. The number of hydrogen-bond acceptors (Lipinski definition) is 3. The maximum absolute atomic E-state index is 5.61. The van der Waals surface area contributed by atoms with Crippen LogP contribution in [0.4, 0.5) is 0 Å².